The molecule has 3 aromatic rings. The summed E-state index contributed by atoms with van der Waals surface area (Å²) in [6.45, 7) is 0.120. The van der Waals surface area contributed by atoms with Crippen molar-refractivity contribution in [2.24, 2.45) is 5.92 Å². The summed E-state index contributed by atoms with van der Waals surface area (Å²) in [5, 5.41) is 10.4. The lowest BCUT2D eigenvalue weighted by atomic mass is 9.97. The molecule has 172 valence electrons. The first-order chi connectivity index (χ1) is 16.0. The third-order valence-corrected chi connectivity index (χ3v) is 7.87. The van der Waals surface area contributed by atoms with E-state index in [9.17, 15) is 18.0 Å². The number of aromatic nitrogens is 4. The second kappa shape index (κ2) is 8.52. The number of aromatic amines is 1. The SMILES string of the molecule is O=C(NCCNS(=O)(=O)c1cccc2cnccc12)C1C2CCC(C2)N1C(=O)c1ncn[nH]1. The van der Waals surface area contributed by atoms with Gasteiger partial charge in [-0.25, -0.2) is 18.1 Å². The molecule has 1 saturated carbocycles. The number of amides is 2. The number of pyridine rings is 1. The number of nitrogens with one attached hydrogen (secondary N) is 3. The van der Waals surface area contributed by atoms with Gasteiger partial charge in [-0.3, -0.25) is 19.7 Å². The van der Waals surface area contributed by atoms with Gasteiger partial charge in [-0.15, -0.1) is 0 Å². The lowest BCUT2D eigenvalue weighted by molar-refractivity contribution is -0.126. The molecule has 12 heteroatoms. The fourth-order valence-electron chi connectivity index (χ4n) is 4.93. The molecule has 2 amide bonds. The van der Waals surface area contributed by atoms with E-state index < -0.39 is 16.1 Å². The van der Waals surface area contributed by atoms with Gasteiger partial charge in [0.25, 0.3) is 5.91 Å². The van der Waals surface area contributed by atoms with Crippen LogP contribution in [0.3, 0.4) is 0 Å². The van der Waals surface area contributed by atoms with Gasteiger partial charge in [0.2, 0.25) is 21.8 Å². The summed E-state index contributed by atoms with van der Waals surface area (Å²) >= 11 is 0. The fourth-order valence-corrected chi connectivity index (χ4v) is 6.19. The highest BCUT2D eigenvalue weighted by atomic mass is 32.2. The molecule has 1 aromatic carbocycles. The number of H-pyrrole nitrogens is 1. The molecule has 33 heavy (non-hydrogen) atoms. The van der Waals surface area contributed by atoms with E-state index in [1.807, 2.05) is 0 Å². The first kappa shape index (κ1) is 21.5. The minimum Gasteiger partial charge on any atom is -0.353 e. The number of nitrogens with zero attached hydrogens (tertiary/aromatic N) is 4. The molecule has 0 spiro atoms. The minimum absolute atomic E-state index is 0.00250. The van der Waals surface area contributed by atoms with Crippen molar-refractivity contribution >= 4 is 32.6 Å². The van der Waals surface area contributed by atoms with Gasteiger partial charge in [0.15, 0.2) is 0 Å². The zero-order valence-corrected chi connectivity index (χ0v) is 18.5. The van der Waals surface area contributed by atoms with Crippen LogP contribution in [-0.2, 0) is 14.8 Å². The van der Waals surface area contributed by atoms with Gasteiger partial charge in [-0.2, -0.15) is 5.10 Å². The number of piperidine rings is 1. The van der Waals surface area contributed by atoms with Gasteiger partial charge in [-0.1, -0.05) is 12.1 Å². The van der Waals surface area contributed by atoms with Crippen LogP contribution in [0.25, 0.3) is 10.8 Å². The highest BCUT2D eigenvalue weighted by molar-refractivity contribution is 7.89. The summed E-state index contributed by atoms with van der Waals surface area (Å²) in [6.07, 6.45) is 6.92. The van der Waals surface area contributed by atoms with Crippen LogP contribution in [0.5, 0.6) is 0 Å². The lowest BCUT2D eigenvalue weighted by Gasteiger charge is -2.33. The zero-order valence-electron chi connectivity index (χ0n) is 17.6. The van der Waals surface area contributed by atoms with Crippen molar-refractivity contribution in [3.63, 3.8) is 0 Å². The average Bonchev–Trinajstić information content (AvgIpc) is 3.58. The molecule has 1 aliphatic carbocycles. The van der Waals surface area contributed by atoms with Crippen molar-refractivity contribution in [3.05, 3.63) is 48.8 Å². The number of likely N-dealkylation sites (tertiary alicyclic amines) is 1. The highest BCUT2D eigenvalue weighted by Crippen LogP contribution is 2.43. The Morgan fingerprint density at radius 2 is 2.06 bits per heavy atom. The normalized spacial score (nSPS) is 22.1. The Kier molecular flexibility index (Phi) is 5.54. The molecule has 2 aromatic heterocycles. The van der Waals surface area contributed by atoms with Crippen molar-refractivity contribution in [2.45, 2.75) is 36.2 Å². The number of fused-ring (bicyclic) bond motifs is 3. The van der Waals surface area contributed by atoms with Gasteiger partial charge < -0.3 is 10.2 Å². The maximum absolute atomic E-state index is 13.0. The van der Waals surface area contributed by atoms with Gasteiger partial charge in [-0.05, 0) is 37.3 Å². The summed E-state index contributed by atoms with van der Waals surface area (Å²) in [5.41, 5.74) is 0. The van der Waals surface area contributed by atoms with E-state index in [-0.39, 0.29) is 47.6 Å². The molecular weight excluding hydrogens is 446 g/mol. The minimum atomic E-state index is -3.78. The molecule has 3 heterocycles. The van der Waals surface area contributed by atoms with E-state index in [2.05, 4.69) is 30.2 Å². The maximum Gasteiger partial charge on any atom is 0.292 e. The van der Waals surface area contributed by atoms with E-state index in [0.29, 0.717) is 5.39 Å². The Bertz CT molecular complexity index is 1290. The molecule has 0 radical (unpaired) electrons. The quantitative estimate of drug-likeness (QED) is 0.425. The Morgan fingerprint density at radius 3 is 2.88 bits per heavy atom. The van der Waals surface area contributed by atoms with Crippen LogP contribution in [0.2, 0.25) is 0 Å². The Labute approximate surface area is 190 Å². The number of sulfonamides is 1. The average molecular weight is 470 g/mol. The Morgan fingerprint density at radius 1 is 1.18 bits per heavy atom. The van der Waals surface area contributed by atoms with Gasteiger partial charge >= 0.3 is 0 Å². The predicted molar refractivity (Wildman–Crippen MR) is 117 cm³/mol. The van der Waals surface area contributed by atoms with Crippen molar-refractivity contribution < 1.29 is 18.0 Å². The number of hydrogen-bond donors (Lipinski definition) is 3. The largest absolute Gasteiger partial charge is 0.353 e. The Hall–Kier alpha value is -3.38. The van der Waals surface area contributed by atoms with Gasteiger partial charge in [0.05, 0.1) is 4.90 Å². The fraction of sp³-hybridized carbons (Fsp3) is 0.381. The van der Waals surface area contributed by atoms with E-state index >= 15 is 0 Å². The van der Waals surface area contributed by atoms with Crippen molar-refractivity contribution in [3.8, 4) is 0 Å². The van der Waals surface area contributed by atoms with Crippen molar-refractivity contribution in [2.75, 3.05) is 13.1 Å². The first-order valence-electron chi connectivity index (χ1n) is 10.7. The van der Waals surface area contributed by atoms with Crippen molar-refractivity contribution in [1.82, 2.24) is 35.1 Å². The van der Waals surface area contributed by atoms with Gasteiger partial charge in [0.1, 0.15) is 12.4 Å². The number of rotatable bonds is 7. The molecule has 3 atom stereocenters. The van der Waals surface area contributed by atoms with E-state index in [4.69, 9.17) is 0 Å². The lowest BCUT2D eigenvalue weighted by Crippen LogP contribution is -2.53. The number of hydrogen-bond acceptors (Lipinski definition) is 7. The van der Waals surface area contributed by atoms with Crippen LogP contribution in [0.1, 0.15) is 29.9 Å². The summed E-state index contributed by atoms with van der Waals surface area (Å²) in [7, 11) is -3.78. The number of carbonyl (C=O) groups excluding carboxylic acids is 2. The molecule has 11 nitrogen and oxygen atoms in total. The monoisotopic (exact) mass is 469 g/mol. The topological polar surface area (TPSA) is 150 Å². The molecule has 5 rings (SSSR count). The third-order valence-electron chi connectivity index (χ3n) is 6.35. The first-order valence-corrected chi connectivity index (χ1v) is 12.2. The Balaban J connectivity index is 1.22. The molecule has 3 unspecified atom stereocenters. The summed E-state index contributed by atoms with van der Waals surface area (Å²) in [4.78, 5) is 35.5. The zero-order chi connectivity index (χ0) is 23.0. The van der Waals surface area contributed by atoms with E-state index in [1.165, 1.54) is 12.4 Å². The second-order valence-corrected chi connectivity index (χ2v) is 10.00. The van der Waals surface area contributed by atoms with E-state index in [0.717, 1.165) is 24.6 Å². The van der Waals surface area contributed by atoms with Crippen LogP contribution >= 0.6 is 0 Å². The predicted octanol–water partition coefficient (Wildman–Crippen LogP) is 0.441. The second-order valence-electron chi connectivity index (χ2n) is 8.26. The highest BCUT2D eigenvalue weighted by Gasteiger charge is 2.51. The van der Waals surface area contributed by atoms with Crippen LogP contribution in [-0.4, -0.2) is 70.5 Å². The summed E-state index contributed by atoms with van der Waals surface area (Å²) in [5.74, 6) is -0.433. The molecule has 2 fully saturated rings. The molecule has 3 N–H and O–H groups in total. The summed E-state index contributed by atoms with van der Waals surface area (Å²) < 4.78 is 28.2. The molecule has 2 aliphatic rings. The molecule has 1 aliphatic heterocycles. The van der Waals surface area contributed by atoms with Gasteiger partial charge in [0, 0.05) is 42.3 Å². The standard InChI is InChI=1S/C21H23N7O4S/c29-20(18-13-4-5-15(10-13)28(18)21(30)19-24-12-25-27-19)23-8-9-26-33(31,32)17-3-1-2-14-11-22-7-6-16(14)17/h1-3,6-7,11-13,15,18,26H,4-5,8-10H2,(H,23,29)(H,24,25,27). The van der Waals surface area contributed by atoms with E-state index in [1.54, 1.807) is 35.5 Å². The molecule has 2 bridgehead atoms. The smallest absolute Gasteiger partial charge is 0.292 e. The molecular formula is C21H23N7O4S. The molecule has 1 saturated heterocycles. The van der Waals surface area contributed by atoms with Crippen LogP contribution < -0.4 is 10.0 Å². The van der Waals surface area contributed by atoms with Crippen LogP contribution in [0.4, 0.5) is 0 Å². The maximum atomic E-state index is 13.0. The third kappa shape index (κ3) is 3.95. The van der Waals surface area contributed by atoms with Crippen LogP contribution in [0.15, 0.2) is 47.9 Å². The number of carbonyl (C=O) groups is 2. The van der Waals surface area contributed by atoms with Crippen LogP contribution in [0, 0.1) is 5.92 Å². The van der Waals surface area contributed by atoms with Crippen molar-refractivity contribution in [1.29, 1.82) is 0 Å². The number of benzene rings is 1. The summed E-state index contributed by atoms with van der Waals surface area (Å²) in [6, 6.07) is 6.05.